The molecule has 4 rings (SSSR count). The van der Waals surface area contributed by atoms with Crippen molar-refractivity contribution in [2.75, 3.05) is 6.61 Å². The van der Waals surface area contributed by atoms with Crippen LogP contribution >= 0.6 is 11.6 Å². The van der Waals surface area contributed by atoms with E-state index in [1.807, 2.05) is 42.5 Å². The van der Waals surface area contributed by atoms with Gasteiger partial charge in [-0.15, -0.1) is 0 Å². The van der Waals surface area contributed by atoms with Crippen molar-refractivity contribution in [3.63, 3.8) is 0 Å². The molecule has 0 fully saturated rings. The van der Waals surface area contributed by atoms with Crippen LogP contribution in [-0.2, 0) is 4.74 Å². The Balaban J connectivity index is 1.96. The number of halogens is 1. The molecule has 0 atom stereocenters. The summed E-state index contributed by atoms with van der Waals surface area (Å²) in [5.41, 5.74) is 3.62. The van der Waals surface area contributed by atoms with E-state index >= 15 is 0 Å². The smallest absolute Gasteiger partial charge is 0.338 e. The van der Waals surface area contributed by atoms with Crippen LogP contribution < -0.4 is 0 Å². The van der Waals surface area contributed by atoms with Crippen molar-refractivity contribution >= 4 is 39.5 Å². The highest BCUT2D eigenvalue weighted by Gasteiger charge is 2.18. The Morgan fingerprint density at radius 2 is 1.80 bits per heavy atom. The molecule has 0 bridgehead atoms. The second-order valence-electron chi connectivity index (χ2n) is 5.69. The third-order valence-electron chi connectivity index (χ3n) is 4.17. The second kappa shape index (κ2) is 6.26. The maximum Gasteiger partial charge on any atom is 0.338 e. The van der Waals surface area contributed by atoms with Gasteiger partial charge in [0, 0.05) is 21.4 Å². The normalized spacial score (nSPS) is 11.1. The highest BCUT2D eigenvalue weighted by Crippen LogP contribution is 2.36. The average molecular weight is 351 g/mol. The van der Waals surface area contributed by atoms with E-state index in [0.29, 0.717) is 22.8 Å². The first-order valence-electron chi connectivity index (χ1n) is 8.06. The lowest BCUT2D eigenvalue weighted by Crippen LogP contribution is -2.06. The summed E-state index contributed by atoms with van der Waals surface area (Å²) in [5, 5.41) is 2.53. The predicted molar refractivity (Wildman–Crippen MR) is 100 cm³/mol. The number of ether oxygens (including phenoxy) is 1. The average Bonchev–Trinajstić information content (AvgIpc) is 2.99. The second-order valence-corrected chi connectivity index (χ2v) is 6.10. The van der Waals surface area contributed by atoms with Gasteiger partial charge in [-0.25, -0.2) is 4.79 Å². The van der Waals surface area contributed by atoms with Crippen LogP contribution in [0.25, 0.3) is 33.1 Å². The standard InChI is InChI=1S/C21H15ClO3/c1-2-24-21(23)15-7-5-8-17(22)20(15)13-10-11-19-16(12-13)14-6-3-4-9-18(14)25-19/h3-12H,2H2,1H3. The van der Waals surface area contributed by atoms with E-state index in [1.54, 1.807) is 25.1 Å². The number of furan rings is 1. The van der Waals surface area contributed by atoms with Crippen LogP contribution in [0.15, 0.2) is 65.1 Å². The van der Waals surface area contributed by atoms with Gasteiger partial charge in [-0.2, -0.15) is 0 Å². The molecule has 0 unspecified atom stereocenters. The van der Waals surface area contributed by atoms with Gasteiger partial charge in [0.25, 0.3) is 0 Å². The first kappa shape index (κ1) is 15.7. The predicted octanol–water partition coefficient (Wildman–Crippen LogP) is 6.08. The number of fused-ring (bicyclic) bond motifs is 3. The van der Waals surface area contributed by atoms with Crippen LogP contribution in [0, 0.1) is 0 Å². The zero-order chi connectivity index (χ0) is 17.4. The van der Waals surface area contributed by atoms with E-state index in [4.69, 9.17) is 20.8 Å². The largest absolute Gasteiger partial charge is 0.462 e. The highest BCUT2D eigenvalue weighted by atomic mass is 35.5. The van der Waals surface area contributed by atoms with Crippen molar-refractivity contribution in [2.24, 2.45) is 0 Å². The molecule has 1 heterocycles. The van der Waals surface area contributed by atoms with Gasteiger partial charge in [0.15, 0.2) is 0 Å². The van der Waals surface area contributed by atoms with Crippen molar-refractivity contribution in [3.05, 3.63) is 71.2 Å². The molecule has 0 N–H and O–H groups in total. The summed E-state index contributed by atoms with van der Waals surface area (Å²) in [6.45, 7) is 2.10. The molecule has 4 heteroatoms. The van der Waals surface area contributed by atoms with Crippen molar-refractivity contribution in [1.82, 2.24) is 0 Å². The first-order chi connectivity index (χ1) is 12.2. The van der Waals surface area contributed by atoms with Crippen LogP contribution in [0.4, 0.5) is 0 Å². The van der Waals surface area contributed by atoms with E-state index in [9.17, 15) is 4.79 Å². The molecule has 0 aliphatic carbocycles. The molecule has 0 radical (unpaired) electrons. The van der Waals surface area contributed by atoms with Gasteiger partial charge in [-0.1, -0.05) is 41.9 Å². The molecule has 25 heavy (non-hydrogen) atoms. The Kier molecular flexibility index (Phi) is 3.94. The lowest BCUT2D eigenvalue weighted by molar-refractivity contribution is 0.0527. The van der Waals surface area contributed by atoms with E-state index in [-0.39, 0.29) is 5.97 Å². The summed E-state index contributed by atoms with van der Waals surface area (Å²) in [5.74, 6) is -0.378. The van der Waals surface area contributed by atoms with Crippen molar-refractivity contribution in [2.45, 2.75) is 6.92 Å². The minimum absolute atomic E-state index is 0.316. The van der Waals surface area contributed by atoms with E-state index in [0.717, 1.165) is 27.5 Å². The number of esters is 1. The molecule has 0 amide bonds. The summed E-state index contributed by atoms with van der Waals surface area (Å²) >= 11 is 6.42. The Morgan fingerprint density at radius 1 is 1.00 bits per heavy atom. The van der Waals surface area contributed by atoms with Crippen molar-refractivity contribution in [1.29, 1.82) is 0 Å². The van der Waals surface area contributed by atoms with Crippen LogP contribution in [0.1, 0.15) is 17.3 Å². The fraction of sp³-hybridized carbons (Fsp3) is 0.0952. The summed E-state index contributed by atoms with van der Waals surface area (Å²) in [4.78, 5) is 12.3. The van der Waals surface area contributed by atoms with E-state index in [1.165, 1.54) is 0 Å². The van der Waals surface area contributed by atoms with Crippen LogP contribution in [0.5, 0.6) is 0 Å². The Morgan fingerprint density at radius 3 is 2.64 bits per heavy atom. The number of rotatable bonds is 3. The summed E-state index contributed by atoms with van der Waals surface area (Å²) < 4.78 is 11.0. The van der Waals surface area contributed by atoms with Gasteiger partial charge in [0.1, 0.15) is 11.2 Å². The third-order valence-corrected chi connectivity index (χ3v) is 4.49. The molecule has 0 saturated carbocycles. The third kappa shape index (κ3) is 2.67. The van der Waals surface area contributed by atoms with E-state index < -0.39 is 0 Å². The van der Waals surface area contributed by atoms with Gasteiger partial charge < -0.3 is 9.15 Å². The number of carbonyl (C=O) groups excluding carboxylic acids is 1. The highest BCUT2D eigenvalue weighted by molar-refractivity contribution is 6.34. The fourth-order valence-electron chi connectivity index (χ4n) is 3.08. The molecule has 124 valence electrons. The summed E-state index contributed by atoms with van der Waals surface area (Å²) in [6, 6.07) is 19.0. The minimum Gasteiger partial charge on any atom is -0.462 e. The molecule has 0 spiro atoms. The van der Waals surface area contributed by atoms with Crippen molar-refractivity contribution < 1.29 is 13.9 Å². The van der Waals surface area contributed by atoms with Gasteiger partial charge in [-0.3, -0.25) is 0 Å². The minimum atomic E-state index is -0.378. The number of benzene rings is 3. The number of hydrogen-bond acceptors (Lipinski definition) is 3. The van der Waals surface area contributed by atoms with Crippen LogP contribution in [-0.4, -0.2) is 12.6 Å². The quantitative estimate of drug-likeness (QED) is 0.420. The molecule has 1 aromatic heterocycles. The Hall–Kier alpha value is -2.78. The molecule has 0 aliphatic rings. The molecule has 0 saturated heterocycles. The van der Waals surface area contributed by atoms with Gasteiger partial charge in [-0.05, 0) is 42.8 Å². The number of para-hydroxylation sites is 1. The number of carbonyl (C=O) groups is 1. The summed E-state index contributed by atoms with van der Waals surface area (Å²) in [6.07, 6.45) is 0. The molecule has 4 aromatic rings. The molecular formula is C21H15ClO3. The maximum atomic E-state index is 12.3. The van der Waals surface area contributed by atoms with E-state index in [2.05, 4.69) is 0 Å². The van der Waals surface area contributed by atoms with Crippen molar-refractivity contribution in [3.8, 4) is 11.1 Å². The van der Waals surface area contributed by atoms with Crippen LogP contribution in [0.2, 0.25) is 5.02 Å². The Bertz CT molecular complexity index is 1090. The fourth-order valence-corrected chi connectivity index (χ4v) is 3.36. The number of hydrogen-bond donors (Lipinski definition) is 0. The van der Waals surface area contributed by atoms with Gasteiger partial charge in [0.05, 0.1) is 12.2 Å². The SMILES string of the molecule is CCOC(=O)c1cccc(Cl)c1-c1ccc2oc3ccccc3c2c1. The molecule has 0 aliphatic heterocycles. The Labute approximate surface area is 149 Å². The molecular weight excluding hydrogens is 336 g/mol. The summed E-state index contributed by atoms with van der Waals surface area (Å²) in [7, 11) is 0. The molecule has 3 nitrogen and oxygen atoms in total. The lowest BCUT2D eigenvalue weighted by atomic mass is 9.98. The van der Waals surface area contributed by atoms with Crippen LogP contribution in [0.3, 0.4) is 0 Å². The first-order valence-corrected chi connectivity index (χ1v) is 8.44. The topological polar surface area (TPSA) is 39.4 Å². The zero-order valence-corrected chi connectivity index (χ0v) is 14.3. The van der Waals surface area contributed by atoms with Gasteiger partial charge in [0.2, 0.25) is 0 Å². The lowest BCUT2D eigenvalue weighted by Gasteiger charge is -2.11. The monoisotopic (exact) mass is 350 g/mol. The maximum absolute atomic E-state index is 12.3. The van der Waals surface area contributed by atoms with Gasteiger partial charge >= 0.3 is 5.97 Å². The zero-order valence-electron chi connectivity index (χ0n) is 13.6. The molecule has 3 aromatic carbocycles.